The highest BCUT2D eigenvalue weighted by atomic mass is 35.5. The minimum absolute atomic E-state index is 0.000218. The second kappa shape index (κ2) is 8.17. The molecule has 1 aliphatic rings. The number of H-pyrrole nitrogens is 1. The molecule has 2 aromatic heterocycles. The van der Waals surface area contributed by atoms with Gasteiger partial charge >= 0.3 is 0 Å². The van der Waals surface area contributed by atoms with Crippen molar-refractivity contribution >= 4 is 23.2 Å². The van der Waals surface area contributed by atoms with Gasteiger partial charge < -0.3 is 9.88 Å². The molecule has 3 rings (SSSR count). The molecule has 0 spiro atoms. The zero-order valence-corrected chi connectivity index (χ0v) is 16.1. The number of carbonyl (C=O) groups excluding carboxylic acids is 1. The summed E-state index contributed by atoms with van der Waals surface area (Å²) < 4.78 is 13.4. The number of anilines is 1. The van der Waals surface area contributed by atoms with Crippen LogP contribution >= 0.6 is 11.6 Å². The lowest BCUT2D eigenvalue weighted by Gasteiger charge is -2.32. The summed E-state index contributed by atoms with van der Waals surface area (Å²) in [4.78, 5) is 37.0. The molecule has 0 radical (unpaired) electrons. The van der Waals surface area contributed by atoms with Gasteiger partial charge in [0.15, 0.2) is 5.82 Å². The summed E-state index contributed by atoms with van der Waals surface area (Å²) in [5.41, 5.74) is -0.0635. The van der Waals surface area contributed by atoms with Crippen molar-refractivity contribution in [3.8, 4) is 11.4 Å². The first kappa shape index (κ1) is 19.5. The molecular formula is C19H22ClFN4O2. The van der Waals surface area contributed by atoms with Gasteiger partial charge in [0, 0.05) is 43.3 Å². The number of aromatic nitrogens is 3. The van der Waals surface area contributed by atoms with E-state index in [1.165, 1.54) is 12.3 Å². The van der Waals surface area contributed by atoms with Crippen LogP contribution in [0.3, 0.4) is 0 Å². The van der Waals surface area contributed by atoms with Crippen LogP contribution < -0.4 is 10.5 Å². The molecule has 0 atom stereocenters. The molecule has 0 saturated carbocycles. The van der Waals surface area contributed by atoms with Gasteiger partial charge in [-0.3, -0.25) is 9.59 Å². The summed E-state index contributed by atoms with van der Waals surface area (Å²) in [6, 6.07) is 2.77. The minimum Gasteiger partial charge on any atom is -0.355 e. The average Bonchev–Trinajstić information content (AvgIpc) is 2.63. The number of piperidine rings is 1. The van der Waals surface area contributed by atoms with Gasteiger partial charge in [-0.25, -0.2) is 9.97 Å². The molecule has 2 aromatic rings. The Morgan fingerprint density at radius 1 is 1.41 bits per heavy atom. The van der Waals surface area contributed by atoms with E-state index in [2.05, 4.69) is 15.0 Å². The van der Waals surface area contributed by atoms with Crippen LogP contribution in [0.4, 0.5) is 10.2 Å². The fourth-order valence-corrected chi connectivity index (χ4v) is 3.53. The van der Waals surface area contributed by atoms with Gasteiger partial charge in [0.1, 0.15) is 16.6 Å². The van der Waals surface area contributed by atoms with Gasteiger partial charge in [-0.05, 0) is 24.8 Å². The fraction of sp³-hybridized carbons (Fsp3) is 0.474. The van der Waals surface area contributed by atoms with Crippen LogP contribution in [0.5, 0.6) is 0 Å². The van der Waals surface area contributed by atoms with Crippen molar-refractivity contribution in [2.45, 2.75) is 33.1 Å². The highest BCUT2D eigenvalue weighted by Crippen LogP contribution is 2.28. The summed E-state index contributed by atoms with van der Waals surface area (Å²) in [6.07, 6.45) is 3.31. The monoisotopic (exact) mass is 392 g/mol. The molecule has 1 aliphatic heterocycles. The van der Waals surface area contributed by atoms with Crippen molar-refractivity contribution in [1.29, 1.82) is 0 Å². The maximum absolute atomic E-state index is 13.4. The van der Waals surface area contributed by atoms with Crippen molar-refractivity contribution in [1.82, 2.24) is 15.0 Å². The van der Waals surface area contributed by atoms with Gasteiger partial charge in [0.05, 0.1) is 0 Å². The van der Waals surface area contributed by atoms with Crippen molar-refractivity contribution in [3.63, 3.8) is 0 Å². The van der Waals surface area contributed by atoms with Gasteiger partial charge in [-0.1, -0.05) is 25.4 Å². The number of halogens is 2. The predicted molar refractivity (Wildman–Crippen MR) is 102 cm³/mol. The Morgan fingerprint density at radius 2 is 2.11 bits per heavy atom. The molecule has 3 heterocycles. The Labute approximate surface area is 161 Å². The molecule has 1 N–H and O–H groups in total. The van der Waals surface area contributed by atoms with E-state index in [-0.39, 0.29) is 16.8 Å². The Morgan fingerprint density at radius 3 is 2.74 bits per heavy atom. The number of pyridine rings is 1. The van der Waals surface area contributed by atoms with Crippen LogP contribution in [-0.4, -0.2) is 33.8 Å². The molecule has 8 heteroatoms. The van der Waals surface area contributed by atoms with Gasteiger partial charge in [-0.2, -0.15) is 4.39 Å². The summed E-state index contributed by atoms with van der Waals surface area (Å²) in [7, 11) is 0. The summed E-state index contributed by atoms with van der Waals surface area (Å²) in [6.45, 7) is 5.26. The van der Waals surface area contributed by atoms with E-state index < -0.39 is 11.5 Å². The topological polar surface area (TPSA) is 79.0 Å². The smallest absolute Gasteiger partial charge is 0.272 e. The van der Waals surface area contributed by atoms with E-state index in [9.17, 15) is 14.0 Å². The maximum Gasteiger partial charge on any atom is 0.272 e. The van der Waals surface area contributed by atoms with Crippen LogP contribution in [0, 0.1) is 17.8 Å². The number of nitrogens with one attached hydrogen (secondary N) is 1. The Kier molecular flexibility index (Phi) is 5.89. The van der Waals surface area contributed by atoms with Gasteiger partial charge in [0.2, 0.25) is 5.95 Å². The number of rotatable bonds is 5. The number of Topliss-reactive ketones (excluding diaryl/α,β-unsaturated/α-hetero) is 1. The molecule has 27 heavy (non-hydrogen) atoms. The number of aromatic amines is 1. The lowest BCUT2D eigenvalue weighted by molar-refractivity contribution is -0.124. The first-order chi connectivity index (χ1) is 12.8. The average molecular weight is 393 g/mol. The zero-order valence-electron chi connectivity index (χ0n) is 15.3. The number of ketones is 1. The second-order valence-electron chi connectivity index (χ2n) is 7.24. The summed E-state index contributed by atoms with van der Waals surface area (Å²) >= 11 is 6.18. The lowest BCUT2D eigenvalue weighted by Crippen LogP contribution is -2.38. The fourth-order valence-electron chi connectivity index (χ4n) is 3.33. The molecule has 0 aliphatic carbocycles. The maximum atomic E-state index is 13.4. The highest BCUT2D eigenvalue weighted by molar-refractivity contribution is 6.32. The predicted octanol–water partition coefficient (Wildman–Crippen LogP) is 3.46. The molecule has 144 valence electrons. The molecule has 0 bridgehead atoms. The van der Waals surface area contributed by atoms with Crippen molar-refractivity contribution in [2.24, 2.45) is 11.8 Å². The third-order valence-corrected chi connectivity index (χ3v) is 5.05. The van der Waals surface area contributed by atoms with Crippen molar-refractivity contribution < 1.29 is 9.18 Å². The molecule has 1 fully saturated rings. The number of hydrogen-bond donors (Lipinski definition) is 1. The third-order valence-electron chi connectivity index (χ3n) is 4.70. The van der Waals surface area contributed by atoms with E-state index in [0.29, 0.717) is 55.4 Å². The quantitative estimate of drug-likeness (QED) is 0.788. The molecule has 0 amide bonds. The van der Waals surface area contributed by atoms with E-state index >= 15 is 0 Å². The third kappa shape index (κ3) is 4.53. The summed E-state index contributed by atoms with van der Waals surface area (Å²) in [5.74, 6) is 0.626. The first-order valence-corrected chi connectivity index (χ1v) is 9.42. The molecule has 6 nitrogen and oxygen atoms in total. The molecule has 1 saturated heterocycles. The number of carbonyl (C=O) groups is 1. The van der Waals surface area contributed by atoms with Crippen LogP contribution in [0.2, 0.25) is 5.02 Å². The standard InChI is InChI=1S/C19H22ClFN4O2/c1-11(2)9-14(26)12-4-7-25(8-5-12)18-16(20)19(27)24-17(23-18)13-3-6-22-15(21)10-13/h3,6,10-12H,4-5,7-9H2,1-2H3,(H,23,24,27). The molecule has 0 aromatic carbocycles. The Hall–Kier alpha value is -2.28. The van der Waals surface area contributed by atoms with E-state index in [1.54, 1.807) is 6.07 Å². The van der Waals surface area contributed by atoms with E-state index in [4.69, 9.17) is 11.6 Å². The first-order valence-electron chi connectivity index (χ1n) is 9.04. The highest BCUT2D eigenvalue weighted by Gasteiger charge is 2.27. The largest absolute Gasteiger partial charge is 0.355 e. The van der Waals surface area contributed by atoms with Crippen LogP contribution in [0.15, 0.2) is 23.1 Å². The van der Waals surface area contributed by atoms with Crippen LogP contribution in [-0.2, 0) is 4.79 Å². The van der Waals surface area contributed by atoms with Gasteiger partial charge in [0.25, 0.3) is 5.56 Å². The van der Waals surface area contributed by atoms with Crippen LogP contribution in [0.1, 0.15) is 33.1 Å². The molecular weight excluding hydrogens is 371 g/mol. The summed E-state index contributed by atoms with van der Waals surface area (Å²) in [5, 5.41) is 0.000218. The zero-order chi connectivity index (χ0) is 19.6. The normalized spacial score (nSPS) is 15.4. The van der Waals surface area contributed by atoms with Crippen molar-refractivity contribution in [2.75, 3.05) is 18.0 Å². The van der Waals surface area contributed by atoms with Crippen molar-refractivity contribution in [3.05, 3.63) is 39.7 Å². The lowest BCUT2D eigenvalue weighted by atomic mass is 9.88. The number of nitrogens with zero attached hydrogens (tertiary/aromatic N) is 3. The van der Waals surface area contributed by atoms with Crippen LogP contribution in [0.25, 0.3) is 11.4 Å². The van der Waals surface area contributed by atoms with E-state index in [1.807, 2.05) is 18.7 Å². The number of hydrogen-bond acceptors (Lipinski definition) is 5. The Bertz CT molecular complexity index is 892. The molecule has 0 unspecified atom stereocenters. The van der Waals surface area contributed by atoms with Gasteiger partial charge in [-0.15, -0.1) is 0 Å². The minimum atomic E-state index is -0.656. The second-order valence-corrected chi connectivity index (χ2v) is 7.62. The SMILES string of the molecule is CC(C)CC(=O)C1CCN(c2nc(-c3ccnc(F)c3)[nH]c(=O)c2Cl)CC1. The van der Waals surface area contributed by atoms with E-state index in [0.717, 1.165) is 0 Å². The Balaban J connectivity index is 1.81.